The largest absolute Gasteiger partial charge is 0.494 e. The first-order valence-electron chi connectivity index (χ1n) is 10.1. The summed E-state index contributed by atoms with van der Waals surface area (Å²) < 4.78 is 5.71. The maximum absolute atomic E-state index is 12.2. The summed E-state index contributed by atoms with van der Waals surface area (Å²) >= 11 is 0. The van der Waals surface area contributed by atoms with Gasteiger partial charge < -0.3 is 25.9 Å². The Bertz CT molecular complexity index is 1250. The van der Waals surface area contributed by atoms with Crippen molar-refractivity contribution in [1.82, 2.24) is 9.97 Å². The molecule has 3 aromatic carbocycles. The third kappa shape index (κ3) is 4.39. The highest BCUT2D eigenvalue weighted by Gasteiger charge is 2.22. The van der Waals surface area contributed by atoms with Gasteiger partial charge in [-0.25, -0.2) is 9.78 Å². The molecule has 1 heterocycles. The standard InChI is InChI=1S/C24H23N5O3/c1-2-32-18-12-15(11-16(13-18)23-28-19-5-3-4-6-20(19)29-23)21(24(30)31)27-17-9-7-14(8-10-17)22(25)26/h3-13,21,27H,2H2,1H3,(H3,25,26)(H,28,29)(H,30,31). The van der Waals surface area contributed by atoms with Gasteiger partial charge in [0.2, 0.25) is 0 Å². The van der Waals surface area contributed by atoms with Crippen LogP contribution in [-0.2, 0) is 4.79 Å². The molecule has 0 aliphatic heterocycles. The Labute approximate surface area is 184 Å². The average molecular weight is 429 g/mol. The van der Waals surface area contributed by atoms with Gasteiger partial charge in [-0.1, -0.05) is 12.1 Å². The van der Waals surface area contributed by atoms with Crippen LogP contribution in [0.4, 0.5) is 5.69 Å². The number of nitrogens with zero attached hydrogens (tertiary/aromatic N) is 1. The lowest BCUT2D eigenvalue weighted by Gasteiger charge is -2.18. The van der Waals surface area contributed by atoms with E-state index in [1.807, 2.05) is 37.3 Å². The molecule has 1 aromatic heterocycles. The highest BCUT2D eigenvalue weighted by atomic mass is 16.5. The smallest absolute Gasteiger partial charge is 0.330 e. The minimum absolute atomic E-state index is 0.0498. The number of benzene rings is 3. The fourth-order valence-electron chi connectivity index (χ4n) is 3.47. The molecule has 4 aromatic rings. The molecular formula is C24H23N5O3. The van der Waals surface area contributed by atoms with Crippen LogP contribution < -0.4 is 15.8 Å². The number of fused-ring (bicyclic) bond motifs is 1. The summed E-state index contributed by atoms with van der Waals surface area (Å²) in [5, 5.41) is 20.5. The summed E-state index contributed by atoms with van der Waals surface area (Å²) in [4.78, 5) is 20.1. The number of carboxylic acids is 1. The highest BCUT2D eigenvalue weighted by molar-refractivity contribution is 5.95. The lowest BCUT2D eigenvalue weighted by atomic mass is 10.0. The summed E-state index contributed by atoms with van der Waals surface area (Å²) in [7, 11) is 0. The molecule has 8 nitrogen and oxygen atoms in total. The molecule has 162 valence electrons. The number of para-hydroxylation sites is 2. The second-order valence-electron chi connectivity index (χ2n) is 7.23. The van der Waals surface area contributed by atoms with Gasteiger partial charge in [0.1, 0.15) is 17.4 Å². The molecule has 0 bridgehead atoms. The molecule has 4 rings (SSSR count). The summed E-state index contributed by atoms with van der Waals surface area (Å²) in [6, 6.07) is 18.7. The van der Waals surface area contributed by atoms with Gasteiger partial charge in [-0.3, -0.25) is 5.41 Å². The molecule has 0 saturated heterocycles. The highest BCUT2D eigenvalue weighted by Crippen LogP contribution is 2.31. The van der Waals surface area contributed by atoms with E-state index >= 15 is 0 Å². The Hall–Kier alpha value is -4.33. The van der Waals surface area contributed by atoms with Gasteiger partial charge in [0.05, 0.1) is 17.6 Å². The van der Waals surface area contributed by atoms with Crippen LogP contribution in [0.1, 0.15) is 24.1 Å². The number of imidazole rings is 1. The number of hydrogen-bond donors (Lipinski definition) is 5. The molecule has 6 N–H and O–H groups in total. The molecule has 0 amide bonds. The summed E-state index contributed by atoms with van der Waals surface area (Å²) in [6.07, 6.45) is 0. The van der Waals surface area contributed by atoms with Crippen molar-refractivity contribution >= 4 is 28.5 Å². The summed E-state index contributed by atoms with van der Waals surface area (Å²) in [5.74, 6) is 0.0977. The fraction of sp³-hybridized carbons (Fsp3) is 0.125. The molecule has 0 saturated carbocycles. The molecule has 8 heteroatoms. The number of aromatic nitrogens is 2. The normalized spacial score (nSPS) is 11.8. The van der Waals surface area contributed by atoms with E-state index in [0.717, 1.165) is 16.6 Å². The Kier molecular flexibility index (Phi) is 5.76. The molecule has 1 atom stereocenters. The number of carbonyl (C=O) groups is 1. The van der Waals surface area contributed by atoms with Gasteiger partial charge in [-0.15, -0.1) is 0 Å². The Balaban J connectivity index is 1.73. The van der Waals surface area contributed by atoms with Gasteiger partial charge in [-0.05, 0) is 67.1 Å². The second kappa shape index (κ2) is 8.81. The van der Waals surface area contributed by atoms with E-state index in [9.17, 15) is 9.90 Å². The zero-order chi connectivity index (χ0) is 22.7. The Morgan fingerprint density at radius 1 is 1.19 bits per heavy atom. The number of carboxylic acid groups (broad SMARTS) is 1. The monoisotopic (exact) mass is 429 g/mol. The van der Waals surface area contributed by atoms with Gasteiger partial charge in [0, 0.05) is 16.8 Å². The van der Waals surface area contributed by atoms with Crippen LogP contribution in [0.3, 0.4) is 0 Å². The molecule has 1 unspecified atom stereocenters. The van der Waals surface area contributed by atoms with Gasteiger partial charge in [0.15, 0.2) is 6.04 Å². The van der Waals surface area contributed by atoms with Gasteiger partial charge in [-0.2, -0.15) is 0 Å². The van der Waals surface area contributed by atoms with Crippen molar-refractivity contribution in [3.05, 3.63) is 77.9 Å². The van der Waals surface area contributed by atoms with Crippen LogP contribution in [0.15, 0.2) is 66.7 Å². The van der Waals surface area contributed by atoms with E-state index in [1.54, 1.807) is 36.4 Å². The van der Waals surface area contributed by atoms with Crippen LogP contribution in [-0.4, -0.2) is 33.5 Å². The van der Waals surface area contributed by atoms with Crippen molar-refractivity contribution in [2.45, 2.75) is 13.0 Å². The van der Waals surface area contributed by atoms with Crippen molar-refractivity contribution < 1.29 is 14.6 Å². The van der Waals surface area contributed by atoms with Crippen molar-refractivity contribution in [2.75, 3.05) is 11.9 Å². The molecular weight excluding hydrogens is 406 g/mol. The van der Waals surface area contributed by atoms with Crippen molar-refractivity contribution in [2.24, 2.45) is 5.73 Å². The van der Waals surface area contributed by atoms with E-state index in [4.69, 9.17) is 15.9 Å². The fourth-order valence-corrected chi connectivity index (χ4v) is 3.47. The minimum atomic E-state index is -1.04. The summed E-state index contributed by atoms with van der Waals surface area (Å²) in [6.45, 7) is 2.32. The topological polar surface area (TPSA) is 137 Å². The van der Waals surface area contributed by atoms with Crippen molar-refractivity contribution in [3.63, 3.8) is 0 Å². The van der Waals surface area contributed by atoms with Crippen LogP contribution in [0.2, 0.25) is 0 Å². The van der Waals surface area contributed by atoms with Crippen LogP contribution in [0.25, 0.3) is 22.4 Å². The number of aliphatic carboxylic acids is 1. The van der Waals surface area contributed by atoms with E-state index in [0.29, 0.717) is 35.0 Å². The quantitative estimate of drug-likeness (QED) is 0.211. The number of amidine groups is 1. The number of nitrogens with one attached hydrogen (secondary N) is 3. The third-order valence-electron chi connectivity index (χ3n) is 4.99. The maximum Gasteiger partial charge on any atom is 0.330 e. The first-order chi connectivity index (χ1) is 15.4. The zero-order valence-corrected chi connectivity index (χ0v) is 17.4. The van der Waals surface area contributed by atoms with E-state index < -0.39 is 12.0 Å². The van der Waals surface area contributed by atoms with E-state index in [1.165, 1.54) is 0 Å². The Morgan fingerprint density at radius 2 is 1.94 bits per heavy atom. The van der Waals surface area contributed by atoms with Crippen LogP contribution >= 0.6 is 0 Å². The van der Waals surface area contributed by atoms with Crippen LogP contribution in [0, 0.1) is 5.41 Å². The lowest BCUT2D eigenvalue weighted by molar-refractivity contribution is -0.138. The number of anilines is 1. The van der Waals surface area contributed by atoms with Crippen molar-refractivity contribution in [1.29, 1.82) is 5.41 Å². The van der Waals surface area contributed by atoms with Gasteiger partial charge in [0.25, 0.3) is 0 Å². The number of nitrogens with two attached hydrogens (primary N) is 1. The van der Waals surface area contributed by atoms with Crippen molar-refractivity contribution in [3.8, 4) is 17.1 Å². The minimum Gasteiger partial charge on any atom is -0.494 e. The van der Waals surface area contributed by atoms with E-state index in [-0.39, 0.29) is 5.84 Å². The first-order valence-corrected chi connectivity index (χ1v) is 10.1. The van der Waals surface area contributed by atoms with E-state index in [2.05, 4.69) is 15.3 Å². The lowest BCUT2D eigenvalue weighted by Crippen LogP contribution is -2.21. The molecule has 0 aliphatic carbocycles. The molecule has 32 heavy (non-hydrogen) atoms. The SMILES string of the molecule is CCOc1cc(-c2nc3ccccc3[nH]2)cc(C(Nc2ccc(C(=N)N)cc2)C(=O)O)c1. The zero-order valence-electron chi connectivity index (χ0n) is 17.4. The number of H-pyrrole nitrogens is 1. The number of rotatable bonds is 8. The number of nitrogen functional groups attached to an aromatic ring is 1. The molecule has 0 aliphatic rings. The number of aromatic amines is 1. The summed E-state index contributed by atoms with van der Waals surface area (Å²) in [5.41, 5.74) is 9.61. The molecule has 0 spiro atoms. The van der Waals surface area contributed by atoms with Gasteiger partial charge >= 0.3 is 5.97 Å². The molecule has 0 fully saturated rings. The predicted octanol–water partition coefficient (Wildman–Crippen LogP) is 4.15. The number of ether oxygens (including phenoxy) is 1. The second-order valence-corrected chi connectivity index (χ2v) is 7.23. The number of hydrogen-bond acceptors (Lipinski definition) is 5. The third-order valence-corrected chi connectivity index (χ3v) is 4.99. The molecule has 0 radical (unpaired) electrons. The van der Waals surface area contributed by atoms with Crippen LogP contribution in [0.5, 0.6) is 5.75 Å². The average Bonchev–Trinajstić information content (AvgIpc) is 3.22. The predicted molar refractivity (Wildman–Crippen MR) is 124 cm³/mol. The maximum atomic E-state index is 12.2. The first kappa shape index (κ1) is 20.9. The Morgan fingerprint density at radius 3 is 2.59 bits per heavy atom.